The van der Waals surface area contributed by atoms with Crippen molar-refractivity contribution in [3.63, 3.8) is 0 Å². The highest BCUT2D eigenvalue weighted by Crippen LogP contribution is 2.24. The maximum atomic E-state index is 11.9. The highest BCUT2D eigenvalue weighted by atomic mass is 16.6. The predicted molar refractivity (Wildman–Crippen MR) is 70.7 cm³/mol. The van der Waals surface area contributed by atoms with Gasteiger partial charge >= 0.3 is 0 Å². The van der Waals surface area contributed by atoms with Gasteiger partial charge in [-0.05, 0) is 12.1 Å². The zero-order valence-corrected chi connectivity index (χ0v) is 10.3. The lowest BCUT2D eigenvalue weighted by molar-refractivity contribution is -0.384. The molecule has 0 spiro atoms. The number of amides is 1. The first-order valence-electron chi connectivity index (χ1n) is 5.63. The van der Waals surface area contributed by atoms with Crippen molar-refractivity contribution in [2.75, 3.05) is 5.43 Å². The third-order valence-electron chi connectivity index (χ3n) is 2.58. The molecule has 2 aromatic rings. The average molecular weight is 276 g/mol. The highest BCUT2D eigenvalue weighted by Gasteiger charge is 2.16. The highest BCUT2D eigenvalue weighted by molar-refractivity contribution is 5.95. The van der Waals surface area contributed by atoms with E-state index < -0.39 is 4.92 Å². The minimum Gasteiger partial charge on any atom is -0.347 e. The number of imidazole rings is 1. The number of nitro groups is 1. The molecule has 5 N–H and O–H groups in total. The largest absolute Gasteiger partial charge is 0.347 e. The van der Waals surface area contributed by atoms with Gasteiger partial charge in [0, 0.05) is 24.0 Å². The molecule has 1 aromatic heterocycles. The van der Waals surface area contributed by atoms with E-state index in [-0.39, 0.29) is 29.4 Å². The van der Waals surface area contributed by atoms with E-state index in [1.165, 1.54) is 18.2 Å². The number of nitro benzene ring substituents is 1. The second-order valence-corrected chi connectivity index (χ2v) is 3.85. The van der Waals surface area contributed by atoms with Crippen LogP contribution in [0.3, 0.4) is 0 Å². The summed E-state index contributed by atoms with van der Waals surface area (Å²) >= 11 is 0. The van der Waals surface area contributed by atoms with Gasteiger partial charge in [-0.1, -0.05) is 0 Å². The second-order valence-electron chi connectivity index (χ2n) is 3.85. The van der Waals surface area contributed by atoms with Crippen molar-refractivity contribution in [2.45, 2.75) is 6.54 Å². The van der Waals surface area contributed by atoms with Gasteiger partial charge in [0.05, 0.1) is 11.5 Å². The van der Waals surface area contributed by atoms with Crippen LogP contribution in [0.2, 0.25) is 0 Å². The fourth-order valence-electron chi connectivity index (χ4n) is 1.61. The number of carbonyl (C=O) groups excluding carboxylic acids is 1. The fourth-order valence-corrected chi connectivity index (χ4v) is 1.61. The maximum absolute atomic E-state index is 11.9. The molecule has 0 aliphatic carbocycles. The van der Waals surface area contributed by atoms with Crippen molar-refractivity contribution in [1.82, 2.24) is 15.3 Å². The monoisotopic (exact) mass is 276 g/mol. The summed E-state index contributed by atoms with van der Waals surface area (Å²) in [6.07, 6.45) is 3.22. The smallest absolute Gasteiger partial charge is 0.293 e. The Kier molecular flexibility index (Phi) is 3.91. The Hall–Kier alpha value is -2.94. The molecule has 0 bridgehead atoms. The normalized spacial score (nSPS) is 10.1. The Labute approximate surface area is 113 Å². The number of carbonyl (C=O) groups is 1. The van der Waals surface area contributed by atoms with E-state index in [2.05, 4.69) is 20.7 Å². The number of nitrogens with two attached hydrogens (primary N) is 1. The van der Waals surface area contributed by atoms with Crippen LogP contribution < -0.4 is 16.6 Å². The van der Waals surface area contributed by atoms with Crippen molar-refractivity contribution < 1.29 is 9.72 Å². The zero-order valence-electron chi connectivity index (χ0n) is 10.3. The van der Waals surface area contributed by atoms with Gasteiger partial charge in [0.25, 0.3) is 11.6 Å². The van der Waals surface area contributed by atoms with E-state index >= 15 is 0 Å². The minimum absolute atomic E-state index is 0.0700. The van der Waals surface area contributed by atoms with Gasteiger partial charge in [-0.25, -0.2) is 4.98 Å². The summed E-state index contributed by atoms with van der Waals surface area (Å²) in [5, 5.41) is 13.4. The van der Waals surface area contributed by atoms with Crippen molar-refractivity contribution in [3.05, 3.63) is 52.1 Å². The SMILES string of the molecule is NNc1cc(C(=O)NCc2ncc[nH]2)ccc1[N+](=O)[O-]. The molecule has 2 rings (SSSR count). The molecule has 0 atom stereocenters. The van der Waals surface area contributed by atoms with Crippen LogP contribution in [0, 0.1) is 10.1 Å². The number of H-pyrrole nitrogens is 1. The standard InChI is InChI=1S/C11H12N6O3/c12-16-8-5-7(1-2-9(8)17(19)20)11(18)15-6-10-13-3-4-14-10/h1-5,16H,6,12H2,(H,13,14)(H,15,18). The first kappa shape index (κ1) is 13.5. The molecule has 20 heavy (non-hydrogen) atoms. The molecule has 0 radical (unpaired) electrons. The molecule has 1 aromatic carbocycles. The first-order chi connectivity index (χ1) is 9.61. The summed E-state index contributed by atoms with van der Waals surface area (Å²) in [5.41, 5.74) is 2.33. The fraction of sp³-hybridized carbons (Fsp3) is 0.0909. The van der Waals surface area contributed by atoms with Gasteiger partial charge in [-0.2, -0.15) is 0 Å². The lowest BCUT2D eigenvalue weighted by Crippen LogP contribution is -2.23. The van der Waals surface area contributed by atoms with Crippen LogP contribution in [0.25, 0.3) is 0 Å². The third-order valence-corrected chi connectivity index (χ3v) is 2.58. The maximum Gasteiger partial charge on any atom is 0.293 e. The Morgan fingerprint density at radius 3 is 2.90 bits per heavy atom. The van der Waals surface area contributed by atoms with E-state index in [1.54, 1.807) is 12.4 Å². The van der Waals surface area contributed by atoms with E-state index in [9.17, 15) is 14.9 Å². The van der Waals surface area contributed by atoms with Gasteiger partial charge < -0.3 is 15.7 Å². The Balaban J connectivity index is 2.12. The number of nitrogens with zero attached hydrogens (tertiary/aromatic N) is 2. The lowest BCUT2D eigenvalue weighted by atomic mass is 10.1. The molecule has 0 saturated carbocycles. The number of aromatic amines is 1. The number of aromatic nitrogens is 2. The van der Waals surface area contributed by atoms with Crippen molar-refractivity contribution in [3.8, 4) is 0 Å². The molecule has 1 heterocycles. The van der Waals surface area contributed by atoms with E-state index in [4.69, 9.17) is 5.84 Å². The van der Waals surface area contributed by atoms with Gasteiger partial charge in [0.15, 0.2) is 0 Å². The Morgan fingerprint density at radius 2 is 2.30 bits per heavy atom. The topological polar surface area (TPSA) is 139 Å². The molecule has 0 unspecified atom stereocenters. The van der Waals surface area contributed by atoms with Crippen LogP contribution in [-0.4, -0.2) is 20.8 Å². The molecule has 9 heteroatoms. The summed E-state index contributed by atoms with van der Waals surface area (Å²) in [6.45, 7) is 0.230. The minimum atomic E-state index is -0.584. The number of hydrogen-bond acceptors (Lipinski definition) is 6. The summed E-state index contributed by atoms with van der Waals surface area (Å²) < 4.78 is 0. The lowest BCUT2D eigenvalue weighted by Gasteiger charge is -2.06. The molecule has 0 aliphatic heterocycles. The van der Waals surface area contributed by atoms with Crippen molar-refractivity contribution in [2.24, 2.45) is 5.84 Å². The van der Waals surface area contributed by atoms with E-state index in [0.29, 0.717) is 5.82 Å². The Morgan fingerprint density at radius 1 is 1.50 bits per heavy atom. The van der Waals surface area contributed by atoms with Crippen LogP contribution in [0.5, 0.6) is 0 Å². The van der Waals surface area contributed by atoms with Gasteiger partial charge in [0.2, 0.25) is 0 Å². The molecular weight excluding hydrogens is 264 g/mol. The number of hydrogen-bond donors (Lipinski definition) is 4. The number of nitrogens with one attached hydrogen (secondary N) is 3. The van der Waals surface area contributed by atoms with Crippen molar-refractivity contribution >= 4 is 17.3 Å². The van der Waals surface area contributed by atoms with Gasteiger partial charge in [-0.15, -0.1) is 0 Å². The summed E-state index contributed by atoms with van der Waals surface area (Å²) in [6, 6.07) is 3.89. The number of anilines is 1. The summed E-state index contributed by atoms with van der Waals surface area (Å²) in [7, 11) is 0. The van der Waals surface area contributed by atoms with E-state index in [1.807, 2.05) is 0 Å². The molecule has 0 saturated heterocycles. The van der Waals surface area contributed by atoms with E-state index in [0.717, 1.165) is 0 Å². The van der Waals surface area contributed by atoms with Gasteiger partial charge in [0.1, 0.15) is 11.5 Å². The zero-order chi connectivity index (χ0) is 14.5. The molecular formula is C11H12N6O3. The number of rotatable bonds is 5. The second kappa shape index (κ2) is 5.80. The first-order valence-corrected chi connectivity index (χ1v) is 5.63. The number of benzene rings is 1. The average Bonchev–Trinajstić information content (AvgIpc) is 2.97. The molecule has 1 amide bonds. The number of nitrogen functional groups attached to an aromatic ring is 1. The number of hydrazine groups is 1. The van der Waals surface area contributed by atoms with Crippen LogP contribution in [-0.2, 0) is 6.54 Å². The van der Waals surface area contributed by atoms with Crippen LogP contribution in [0.1, 0.15) is 16.2 Å². The molecule has 0 fully saturated rings. The van der Waals surface area contributed by atoms with Crippen molar-refractivity contribution in [1.29, 1.82) is 0 Å². The molecule has 0 aliphatic rings. The van der Waals surface area contributed by atoms with Crippen LogP contribution in [0.15, 0.2) is 30.6 Å². The third kappa shape index (κ3) is 2.90. The summed E-state index contributed by atoms with van der Waals surface area (Å²) in [5.74, 6) is 5.43. The molecule has 104 valence electrons. The summed E-state index contributed by atoms with van der Waals surface area (Å²) in [4.78, 5) is 28.9. The quantitative estimate of drug-likeness (QED) is 0.357. The Bertz CT molecular complexity index is 625. The van der Waals surface area contributed by atoms with Crippen LogP contribution >= 0.6 is 0 Å². The van der Waals surface area contributed by atoms with Gasteiger partial charge in [-0.3, -0.25) is 20.8 Å². The van der Waals surface area contributed by atoms with Crippen LogP contribution in [0.4, 0.5) is 11.4 Å². The molecule has 9 nitrogen and oxygen atoms in total. The predicted octanol–water partition coefficient (Wildman–Crippen LogP) is 0.533.